The van der Waals surface area contributed by atoms with Gasteiger partial charge < -0.3 is 9.47 Å². The second-order valence-corrected chi connectivity index (χ2v) is 7.84. The zero-order valence-electron chi connectivity index (χ0n) is 16.8. The van der Waals surface area contributed by atoms with E-state index in [1.807, 2.05) is 19.9 Å². The first kappa shape index (κ1) is 20.4. The molecule has 0 aliphatic carbocycles. The van der Waals surface area contributed by atoms with E-state index in [4.69, 9.17) is 23.2 Å². The van der Waals surface area contributed by atoms with Gasteiger partial charge in [-0.25, -0.2) is 0 Å². The van der Waals surface area contributed by atoms with E-state index in [2.05, 4.69) is 5.10 Å². The molecule has 0 saturated carbocycles. The molecule has 0 bridgehead atoms. The Morgan fingerprint density at radius 3 is 2.43 bits per heavy atom. The number of amides is 1. The Labute approximate surface area is 183 Å². The number of carbonyl (C=O) groups excluding carboxylic acids is 1. The van der Waals surface area contributed by atoms with Gasteiger partial charge in [-0.1, -0.05) is 35.3 Å². The molecule has 0 aliphatic heterocycles. The van der Waals surface area contributed by atoms with Crippen molar-refractivity contribution in [3.05, 3.63) is 68.6 Å². The zero-order valence-corrected chi connectivity index (χ0v) is 18.3. The minimum atomic E-state index is -0.335. The van der Waals surface area contributed by atoms with Crippen molar-refractivity contribution >= 4 is 50.9 Å². The highest BCUT2D eigenvalue weighted by Gasteiger charge is 2.25. The predicted molar refractivity (Wildman–Crippen MR) is 121 cm³/mol. The summed E-state index contributed by atoms with van der Waals surface area (Å²) in [5, 5.41) is 6.84. The van der Waals surface area contributed by atoms with Gasteiger partial charge in [0.05, 0.1) is 11.2 Å². The fourth-order valence-electron chi connectivity index (χ4n) is 3.79. The molecule has 154 valence electrons. The van der Waals surface area contributed by atoms with Crippen molar-refractivity contribution in [2.24, 2.45) is 7.05 Å². The van der Waals surface area contributed by atoms with E-state index >= 15 is 0 Å². The van der Waals surface area contributed by atoms with E-state index in [-0.39, 0.29) is 17.2 Å². The van der Waals surface area contributed by atoms with Gasteiger partial charge in [0.15, 0.2) is 5.69 Å². The van der Waals surface area contributed by atoms with Crippen LogP contribution in [0.2, 0.25) is 10.0 Å². The lowest BCUT2D eigenvalue weighted by Crippen LogP contribution is -2.34. The molecule has 0 aliphatic rings. The van der Waals surface area contributed by atoms with Gasteiger partial charge in [-0.3, -0.25) is 9.59 Å². The SMILES string of the molecule is CCN(CC)C(=O)c1nn(-c2cccc(Cl)c2)c(=O)c2c1c1ccc(Cl)cc1n2C. The van der Waals surface area contributed by atoms with Crippen LogP contribution in [0.25, 0.3) is 27.5 Å². The minimum absolute atomic E-state index is 0.223. The van der Waals surface area contributed by atoms with Crippen LogP contribution in [0, 0.1) is 0 Å². The molecule has 0 spiro atoms. The van der Waals surface area contributed by atoms with Crippen molar-refractivity contribution in [3.63, 3.8) is 0 Å². The fourth-order valence-corrected chi connectivity index (χ4v) is 4.14. The number of hydrogen-bond acceptors (Lipinski definition) is 3. The molecule has 4 rings (SSSR count). The maximum atomic E-state index is 13.5. The van der Waals surface area contributed by atoms with Gasteiger partial charge in [0.2, 0.25) is 0 Å². The van der Waals surface area contributed by atoms with Crippen LogP contribution >= 0.6 is 23.2 Å². The third kappa shape index (κ3) is 3.16. The van der Waals surface area contributed by atoms with E-state index in [0.29, 0.717) is 39.7 Å². The molecule has 2 aromatic carbocycles. The number of aromatic nitrogens is 3. The topological polar surface area (TPSA) is 60.1 Å². The summed E-state index contributed by atoms with van der Waals surface area (Å²) >= 11 is 12.3. The summed E-state index contributed by atoms with van der Waals surface area (Å²) in [7, 11) is 1.79. The number of nitrogens with zero attached hydrogens (tertiary/aromatic N) is 4. The molecule has 0 N–H and O–H groups in total. The van der Waals surface area contributed by atoms with Crippen molar-refractivity contribution in [1.29, 1.82) is 0 Å². The summed E-state index contributed by atoms with van der Waals surface area (Å²) in [5.74, 6) is -0.233. The molecule has 30 heavy (non-hydrogen) atoms. The molecule has 1 amide bonds. The number of hydrogen-bond donors (Lipinski definition) is 0. The summed E-state index contributed by atoms with van der Waals surface area (Å²) in [4.78, 5) is 28.6. The van der Waals surface area contributed by atoms with Gasteiger partial charge in [-0.2, -0.15) is 9.78 Å². The van der Waals surface area contributed by atoms with Gasteiger partial charge in [0.25, 0.3) is 11.5 Å². The highest BCUT2D eigenvalue weighted by molar-refractivity contribution is 6.32. The lowest BCUT2D eigenvalue weighted by molar-refractivity contribution is 0.0767. The van der Waals surface area contributed by atoms with Crippen LogP contribution in [0.4, 0.5) is 0 Å². The summed E-state index contributed by atoms with van der Waals surface area (Å²) in [6.45, 7) is 4.89. The standard InChI is InChI=1S/C22H20Cl2N4O2/c1-4-27(5-2)21(29)19-18-16-10-9-14(24)12-17(16)26(3)20(18)22(30)28(25-19)15-8-6-7-13(23)11-15/h6-12H,4-5H2,1-3H3. The Hall–Kier alpha value is -2.83. The quantitative estimate of drug-likeness (QED) is 0.461. The second kappa shape index (κ2) is 7.78. The molecule has 0 atom stereocenters. The number of carbonyl (C=O) groups is 1. The highest BCUT2D eigenvalue weighted by Crippen LogP contribution is 2.31. The third-order valence-corrected chi connectivity index (χ3v) is 5.77. The monoisotopic (exact) mass is 442 g/mol. The molecule has 2 aromatic heterocycles. The fraction of sp³-hybridized carbons (Fsp3) is 0.227. The molecular weight excluding hydrogens is 423 g/mol. The summed E-state index contributed by atoms with van der Waals surface area (Å²) in [5.41, 5.74) is 1.53. The van der Waals surface area contributed by atoms with Gasteiger partial charge in [0.1, 0.15) is 5.52 Å². The van der Waals surface area contributed by atoms with Crippen molar-refractivity contribution in [2.45, 2.75) is 13.8 Å². The van der Waals surface area contributed by atoms with Gasteiger partial charge >= 0.3 is 0 Å². The van der Waals surface area contributed by atoms with Crippen molar-refractivity contribution in [1.82, 2.24) is 19.2 Å². The average molecular weight is 443 g/mol. The molecule has 0 unspecified atom stereocenters. The molecule has 8 heteroatoms. The van der Waals surface area contributed by atoms with Crippen molar-refractivity contribution in [3.8, 4) is 5.69 Å². The number of halogens is 2. The lowest BCUT2D eigenvalue weighted by atomic mass is 10.1. The van der Waals surface area contributed by atoms with Crippen molar-refractivity contribution in [2.75, 3.05) is 13.1 Å². The molecule has 4 aromatic rings. The molecule has 0 radical (unpaired) electrons. The number of benzene rings is 2. The lowest BCUT2D eigenvalue weighted by Gasteiger charge is -2.19. The Morgan fingerprint density at radius 2 is 1.77 bits per heavy atom. The molecule has 6 nitrogen and oxygen atoms in total. The van der Waals surface area contributed by atoms with E-state index in [1.54, 1.807) is 52.9 Å². The van der Waals surface area contributed by atoms with E-state index in [1.165, 1.54) is 4.68 Å². The van der Waals surface area contributed by atoms with Crippen LogP contribution in [0.3, 0.4) is 0 Å². The maximum Gasteiger partial charge on any atom is 0.296 e. The normalized spacial score (nSPS) is 11.4. The van der Waals surface area contributed by atoms with E-state index in [9.17, 15) is 9.59 Å². The van der Waals surface area contributed by atoms with Gasteiger partial charge in [-0.05, 0) is 44.2 Å². The molecule has 0 fully saturated rings. The summed E-state index contributed by atoms with van der Waals surface area (Å²) in [6.07, 6.45) is 0. The molecule has 0 saturated heterocycles. The Bertz CT molecular complexity index is 1350. The summed E-state index contributed by atoms with van der Waals surface area (Å²) in [6, 6.07) is 12.2. The first-order valence-corrected chi connectivity index (χ1v) is 10.4. The largest absolute Gasteiger partial charge is 0.339 e. The van der Waals surface area contributed by atoms with Crippen LogP contribution in [-0.2, 0) is 7.05 Å². The third-order valence-electron chi connectivity index (χ3n) is 5.30. The number of fused-ring (bicyclic) bond motifs is 3. The smallest absolute Gasteiger partial charge is 0.296 e. The van der Waals surface area contributed by atoms with Gasteiger partial charge in [0, 0.05) is 41.0 Å². The number of rotatable bonds is 4. The van der Waals surface area contributed by atoms with E-state index in [0.717, 1.165) is 10.9 Å². The predicted octanol–water partition coefficient (Wildman–Crippen LogP) is 4.67. The average Bonchev–Trinajstić information content (AvgIpc) is 3.02. The van der Waals surface area contributed by atoms with Crippen LogP contribution in [0.1, 0.15) is 24.3 Å². The number of aryl methyl sites for hydroxylation is 1. The van der Waals surface area contributed by atoms with Crippen LogP contribution in [0.15, 0.2) is 47.3 Å². The Kier molecular flexibility index (Phi) is 5.30. The molecule has 2 heterocycles. The van der Waals surface area contributed by atoms with Gasteiger partial charge in [-0.15, -0.1) is 0 Å². The Balaban J connectivity index is 2.18. The van der Waals surface area contributed by atoms with E-state index < -0.39 is 0 Å². The minimum Gasteiger partial charge on any atom is -0.339 e. The second-order valence-electron chi connectivity index (χ2n) is 6.97. The first-order chi connectivity index (χ1) is 14.4. The van der Waals surface area contributed by atoms with Crippen LogP contribution in [0.5, 0.6) is 0 Å². The summed E-state index contributed by atoms with van der Waals surface area (Å²) < 4.78 is 3.01. The Morgan fingerprint density at radius 1 is 1.07 bits per heavy atom. The zero-order chi connectivity index (χ0) is 21.6. The van der Waals surface area contributed by atoms with Crippen LogP contribution in [-0.4, -0.2) is 38.2 Å². The first-order valence-electron chi connectivity index (χ1n) is 9.63. The van der Waals surface area contributed by atoms with Crippen molar-refractivity contribution < 1.29 is 4.79 Å². The molecular formula is C22H20Cl2N4O2. The maximum absolute atomic E-state index is 13.5. The van der Waals surface area contributed by atoms with Crippen LogP contribution < -0.4 is 5.56 Å². The highest BCUT2D eigenvalue weighted by atomic mass is 35.5.